The van der Waals surface area contributed by atoms with Gasteiger partial charge < -0.3 is 10.2 Å². The van der Waals surface area contributed by atoms with Gasteiger partial charge in [-0.1, -0.05) is 19.3 Å². The topological polar surface area (TPSA) is 74.6 Å². The Labute approximate surface area is 101 Å². The molecule has 0 aromatic rings. The van der Waals surface area contributed by atoms with Gasteiger partial charge in [-0.2, -0.15) is 0 Å². The van der Waals surface area contributed by atoms with Crippen LogP contribution in [0.2, 0.25) is 0 Å². The fourth-order valence-corrected chi connectivity index (χ4v) is 3.84. The summed E-state index contributed by atoms with van der Waals surface area (Å²) in [5, 5.41) is 18.7. The lowest BCUT2D eigenvalue weighted by atomic mass is 9.55. The molecule has 2 saturated carbocycles. The molecule has 4 atom stereocenters. The first-order valence-electron chi connectivity index (χ1n) is 6.43. The second kappa shape index (κ2) is 4.31. The first-order valence-corrected chi connectivity index (χ1v) is 6.43. The van der Waals surface area contributed by atoms with Gasteiger partial charge in [-0.05, 0) is 38.0 Å². The van der Waals surface area contributed by atoms with E-state index in [2.05, 4.69) is 0 Å². The molecule has 4 heteroatoms. The molecule has 0 amide bonds. The number of hydrogen-bond donors (Lipinski definition) is 2. The summed E-state index contributed by atoms with van der Waals surface area (Å²) in [6.45, 7) is 1.61. The van der Waals surface area contributed by atoms with E-state index in [4.69, 9.17) is 0 Å². The van der Waals surface area contributed by atoms with Crippen LogP contribution in [-0.2, 0) is 9.59 Å². The van der Waals surface area contributed by atoms with Crippen molar-refractivity contribution < 1.29 is 19.8 Å². The molecule has 2 rings (SSSR count). The van der Waals surface area contributed by atoms with Crippen LogP contribution in [0, 0.1) is 23.2 Å². The first kappa shape index (κ1) is 12.4. The minimum atomic E-state index is -1.08. The Hall–Kier alpha value is -1.06. The summed E-state index contributed by atoms with van der Waals surface area (Å²) in [4.78, 5) is 22.9. The van der Waals surface area contributed by atoms with Crippen LogP contribution in [0.5, 0.6) is 0 Å². The standard InChI is InChI=1S/C13H20O4/c1-13(12(16)17)7-6-8-4-2-3-5-9(8)10(13)11(14)15/h8-10H,2-7H2,1H3,(H,14,15)(H,16,17). The highest BCUT2D eigenvalue weighted by Crippen LogP contribution is 2.52. The zero-order chi connectivity index (χ0) is 12.6. The van der Waals surface area contributed by atoms with E-state index in [-0.39, 0.29) is 5.92 Å². The van der Waals surface area contributed by atoms with E-state index >= 15 is 0 Å². The summed E-state index contributed by atoms with van der Waals surface area (Å²) in [7, 11) is 0. The van der Waals surface area contributed by atoms with Gasteiger partial charge in [0, 0.05) is 0 Å². The van der Waals surface area contributed by atoms with E-state index in [1.54, 1.807) is 6.92 Å². The molecule has 0 aromatic heterocycles. The fourth-order valence-electron chi connectivity index (χ4n) is 3.84. The van der Waals surface area contributed by atoms with Gasteiger partial charge in [-0.3, -0.25) is 9.59 Å². The van der Waals surface area contributed by atoms with Crippen molar-refractivity contribution in [1.82, 2.24) is 0 Å². The molecule has 2 fully saturated rings. The van der Waals surface area contributed by atoms with Crippen LogP contribution in [-0.4, -0.2) is 22.2 Å². The van der Waals surface area contributed by atoms with Crippen LogP contribution in [0.4, 0.5) is 0 Å². The fraction of sp³-hybridized carbons (Fsp3) is 0.846. The molecule has 0 bridgehead atoms. The highest BCUT2D eigenvalue weighted by Gasteiger charge is 2.54. The Morgan fingerprint density at radius 1 is 1.12 bits per heavy atom. The number of rotatable bonds is 2. The maximum absolute atomic E-state index is 11.5. The van der Waals surface area contributed by atoms with Crippen molar-refractivity contribution in [1.29, 1.82) is 0 Å². The molecule has 0 saturated heterocycles. The number of carboxylic acid groups (broad SMARTS) is 2. The first-order chi connectivity index (χ1) is 7.97. The average molecular weight is 240 g/mol. The molecule has 2 N–H and O–H groups in total. The SMILES string of the molecule is CC1(C(=O)O)CCC2CCCCC2C1C(=O)O. The van der Waals surface area contributed by atoms with E-state index in [9.17, 15) is 19.8 Å². The summed E-state index contributed by atoms with van der Waals surface area (Å²) in [6.07, 6.45) is 5.53. The van der Waals surface area contributed by atoms with Crippen molar-refractivity contribution in [3.05, 3.63) is 0 Å². The predicted octanol–water partition coefficient (Wildman–Crippen LogP) is 2.38. The molecule has 4 nitrogen and oxygen atoms in total. The Morgan fingerprint density at radius 3 is 2.35 bits per heavy atom. The molecular weight excluding hydrogens is 220 g/mol. The van der Waals surface area contributed by atoms with E-state index in [0.29, 0.717) is 12.3 Å². The van der Waals surface area contributed by atoms with Gasteiger partial charge >= 0.3 is 11.9 Å². The summed E-state index contributed by atoms with van der Waals surface area (Å²) in [5.41, 5.74) is -1.08. The zero-order valence-corrected chi connectivity index (χ0v) is 10.2. The van der Waals surface area contributed by atoms with Gasteiger partial charge in [0.05, 0.1) is 11.3 Å². The summed E-state index contributed by atoms with van der Waals surface area (Å²) in [5.74, 6) is -2.09. The molecule has 2 aliphatic rings. The van der Waals surface area contributed by atoms with E-state index < -0.39 is 23.3 Å². The van der Waals surface area contributed by atoms with Crippen LogP contribution in [0.3, 0.4) is 0 Å². The van der Waals surface area contributed by atoms with Gasteiger partial charge in [-0.25, -0.2) is 0 Å². The van der Waals surface area contributed by atoms with Crippen LogP contribution in [0.15, 0.2) is 0 Å². The zero-order valence-electron chi connectivity index (χ0n) is 10.2. The number of carbonyl (C=O) groups is 2. The maximum Gasteiger partial charge on any atom is 0.310 e. The van der Waals surface area contributed by atoms with E-state index in [0.717, 1.165) is 32.1 Å². The van der Waals surface area contributed by atoms with Crippen molar-refractivity contribution in [3.63, 3.8) is 0 Å². The van der Waals surface area contributed by atoms with Gasteiger partial charge in [0.2, 0.25) is 0 Å². The second-order valence-electron chi connectivity index (χ2n) is 5.79. The van der Waals surface area contributed by atoms with Crippen molar-refractivity contribution >= 4 is 11.9 Å². The third-order valence-electron chi connectivity index (χ3n) is 4.87. The van der Waals surface area contributed by atoms with E-state index in [1.807, 2.05) is 0 Å². The number of fused-ring (bicyclic) bond motifs is 1. The van der Waals surface area contributed by atoms with Gasteiger partial charge in [0.25, 0.3) is 0 Å². The number of carboxylic acids is 2. The minimum absolute atomic E-state index is 0.0658. The van der Waals surface area contributed by atoms with Gasteiger partial charge in [0.1, 0.15) is 0 Å². The highest BCUT2D eigenvalue weighted by atomic mass is 16.4. The maximum atomic E-state index is 11.5. The lowest BCUT2D eigenvalue weighted by molar-refractivity contribution is -0.171. The largest absolute Gasteiger partial charge is 0.481 e. The van der Waals surface area contributed by atoms with E-state index in [1.165, 1.54) is 0 Å². The third kappa shape index (κ3) is 1.94. The van der Waals surface area contributed by atoms with Crippen molar-refractivity contribution in [2.24, 2.45) is 23.2 Å². The lowest BCUT2D eigenvalue weighted by Gasteiger charge is -2.47. The Balaban J connectivity index is 2.32. The molecule has 0 radical (unpaired) electrons. The summed E-state index contributed by atoms with van der Waals surface area (Å²) >= 11 is 0. The Morgan fingerprint density at radius 2 is 1.76 bits per heavy atom. The molecule has 96 valence electrons. The van der Waals surface area contributed by atoms with Crippen LogP contribution in [0.1, 0.15) is 45.4 Å². The molecule has 4 unspecified atom stereocenters. The normalized spacial score (nSPS) is 41.6. The Bertz CT molecular complexity index is 338. The van der Waals surface area contributed by atoms with Crippen molar-refractivity contribution in [3.8, 4) is 0 Å². The minimum Gasteiger partial charge on any atom is -0.481 e. The lowest BCUT2D eigenvalue weighted by Crippen LogP contribution is -2.50. The number of aliphatic carboxylic acids is 2. The van der Waals surface area contributed by atoms with Gasteiger partial charge in [0.15, 0.2) is 0 Å². The molecular formula is C13H20O4. The van der Waals surface area contributed by atoms with Crippen LogP contribution >= 0.6 is 0 Å². The molecule has 0 aliphatic heterocycles. The average Bonchev–Trinajstić information content (AvgIpc) is 2.28. The predicted molar refractivity (Wildman–Crippen MR) is 61.6 cm³/mol. The van der Waals surface area contributed by atoms with Crippen LogP contribution < -0.4 is 0 Å². The van der Waals surface area contributed by atoms with Gasteiger partial charge in [-0.15, -0.1) is 0 Å². The quantitative estimate of drug-likeness (QED) is 0.777. The number of hydrogen-bond acceptors (Lipinski definition) is 2. The summed E-state index contributed by atoms with van der Waals surface area (Å²) in [6, 6.07) is 0. The molecule has 0 heterocycles. The Kier molecular flexibility index (Phi) is 3.15. The van der Waals surface area contributed by atoms with Crippen molar-refractivity contribution in [2.75, 3.05) is 0 Å². The van der Waals surface area contributed by atoms with Crippen molar-refractivity contribution in [2.45, 2.75) is 45.4 Å². The molecule has 0 spiro atoms. The highest BCUT2D eigenvalue weighted by molar-refractivity contribution is 5.83. The smallest absolute Gasteiger partial charge is 0.310 e. The third-order valence-corrected chi connectivity index (χ3v) is 4.87. The molecule has 0 aromatic carbocycles. The second-order valence-corrected chi connectivity index (χ2v) is 5.79. The molecule has 2 aliphatic carbocycles. The monoisotopic (exact) mass is 240 g/mol. The molecule has 17 heavy (non-hydrogen) atoms. The summed E-state index contributed by atoms with van der Waals surface area (Å²) < 4.78 is 0. The van der Waals surface area contributed by atoms with Crippen LogP contribution in [0.25, 0.3) is 0 Å².